The van der Waals surface area contributed by atoms with Crippen molar-refractivity contribution in [1.82, 2.24) is 9.78 Å². The van der Waals surface area contributed by atoms with Crippen LogP contribution < -0.4 is 0 Å². The molecular weight excluding hydrogens is 217 g/mol. The monoisotopic (exact) mass is 234 g/mol. The normalized spacial score (nSPS) is 13.2. The van der Waals surface area contributed by atoms with Crippen LogP contribution in [-0.4, -0.2) is 16.0 Å². The first-order valence-corrected chi connectivity index (χ1v) is 5.27. The quantitative estimate of drug-likeness (QED) is 0.767. The van der Waals surface area contributed by atoms with Gasteiger partial charge >= 0.3 is 6.18 Å². The Kier molecular flexibility index (Phi) is 3.35. The van der Waals surface area contributed by atoms with Crippen LogP contribution >= 0.6 is 0 Å². The van der Waals surface area contributed by atoms with Gasteiger partial charge in [-0.3, -0.25) is 4.68 Å². The van der Waals surface area contributed by atoms with E-state index in [0.29, 0.717) is 17.8 Å². The number of rotatable bonds is 2. The van der Waals surface area contributed by atoms with E-state index >= 15 is 0 Å². The van der Waals surface area contributed by atoms with Gasteiger partial charge in [0, 0.05) is 11.1 Å². The van der Waals surface area contributed by atoms with Crippen molar-refractivity contribution in [3.05, 3.63) is 17.5 Å². The second-order valence-corrected chi connectivity index (χ2v) is 4.90. The number of halogens is 3. The van der Waals surface area contributed by atoms with E-state index in [0.717, 1.165) is 4.68 Å². The molecule has 1 rings (SSSR count). The fourth-order valence-corrected chi connectivity index (χ4v) is 1.41. The number of hydrogen-bond acceptors (Lipinski definition) is 1. The van der Waals surface area contributed by atoms with Crippen LogP contribution in [-0.2, 0) is 18.4 Å². The smallest absolute Gasteiger partial charge is 0.260 e. The van der Waals surface area contributed by atoms with Crippen molar-refractivity contribution in [2.75, 3.05) is 0 Å². The van der Waals surface area contributed by atoms with Crippen molar-refractivity contribution >= 4 is 0 Å². The van der Waals surface area contributed by atoms with Gasteiger partial charge in [0.1, 0.15) is 6.54 Å². The first-order chi connectivity index (χ1) is 7.13. The lowest BCUT2D eigenvalue weighted by Crippen LogP contribution is -2.21. The molecule has 0 aromatic carbocycles. The molecule has 0 saturated heterocycles. The van der Waals surface area contributed by atoms with Gasteiger partial charge in [-0.2, -0.15) is 18.3 Å². The summed E-state index contributed by atoms with van der Waals surface area (Å²) in [6.07, 6.45) is -3.66. The Morgan fingerprint density at radius 1 is 1.25 bits per heavy atom. The van der Waals surface area contributed by atoms with Crippen LogP contribution in [0.25, 0.3) is 0 Å². The Bertz CT molecular complexity index is 358. The van der Waals surface area contributed by atoms with Crippen molar-refractivity contribution in [2.45, 2.75) is 52.3 Å². The van der Waals surface area contributed by atoms with Crippen LogP contribution in [0.5, 0.6) is 0 Å². The predicted octanol–water partition coefficient (Wildman–Crippen LogP) is 3.31. The van der Waals surface area contributed by atoms with Gasteiger partial charge in [0.2, 0.25) is 0 Å². The highest BCUT2D eigenvalue weighted by Crippen LogP contribution is 2.24. The molecule has 1 aromatic rings. The Hall–Kier alpha value is -1.00. The highest BCUT2D eigenvalue weighted by atomic mass is 19.4. The molecule has 0 radical (unpaired) electrons. The molecular formula is C11H17F3N2. The second-order valence-electron chi connectivity index (χ2n) is 4.90. The minimum absolute atomic E-state index is 0.221. The zero-order chi connectivity index (χ0) is 12.6. The summed E-state index contributed by atoms with van der Waals surface area (Å²) in [4.78, 5) is 0. The maximum absolute atomic E-state index is 12.3. The van der Waals surface area contributed by atoms with E-state index in [-0.39, 0.29) is 5.41 Å². The lowest BCUT2D eigenvalue weighted by atomic mass is 9.92. The van der Waals surface area contributed by atoms with Crippen LogP contribution in [0.15, 0.2) is 6.07 Å². The van der Waals surface area contributed by atoms with E-state index in [9.17, 15) is 13.2 Å². The third-order valence-electron chi connectivity index (χ3n) is 2.32. The lowest BCUT2D eigenvalue weighted by molar-refractivity contribution is -0.143. The average Bonchev–Trinajstić information content (AvgIpc) is 2.43. The number of hydrogen-bond donors (Lipinski definition) is 0. The average molecular weight is 234 g/mol. The second kappa shape index (κ2) is 4.11. The standard InChI is InChI=1S/C11H17F3N2/c1-5-8-6-9(10(2,3)4)15-16(8)7-11(12,13)14/h6H,5,7H2,1-4H3. The fraction of sp³-hybridized carbons (Fsp3) is 0.727. The van der Waals surface area contributed by atoms with Crippen LogP contribution in [0.3, 0.4) is 0 Å². The van der Waals surface area contributed by atoms with Crippen molar-refractivity contribution in [1.29, 1.82) is 0 Å². The van der Waals surface area contributed by atoms with Crippen molar-refractivity contribution < 1.29 is 13.2 Å². The molecule has 0 N–H and O–H groups in total. The third kappa shape index (κ3) is 3.25. The SMILES string of the molecule is CCc1cc(C(C)(C)C)nn1CC(F)(F)F. The molecule has 0 bridgehead atoms. The maximum Gasteiger partial charge on any atom is 0.408 e. The van der Waals surface area contributed by atoms with Crippen molar-refractivity contribution in [3.63, 3.8) is 0 Å². The molecule has 1 aromatic heterocycles. The van der Waals surface area contributed by atoms with Crippen LogP contribution in [0.4, 0.5) is 13.2 Å². The van der Waals surface area contributed by atoms with Gasteiger partial charge in [0.15, 0.2) is 0 Å². The molecule has 0 aliphatic carbocycles. The van der Waals surface area contributed by atoms with E-state index in [1.54, 1.807) is 6.07 Å². The Morgan fingerprint density at radius 3 is 2.19 bits per heavy atom. The zero-order valence-electron chi connectivity index (χ0n) is 10.0. The number of aryl methyl sites for hydroxylation is 1. The van der Waals surface area contributed by atoms with Crippen LogP contribution in [0.2, 0.25) is 0 Å². The van der Waals surface area contributed by atoms with E-state index in [2.05, 4.69) is 5.10 Å². The molecule has 0 fully saturated rings. The van der Waals surface area contributed by atoms with E-state index in [1.165, 1.54) is 0 Å². The van der Waals surface area contributed by atoms with Crippen LogP contribution in [0, 0.1) is 0 Å². The Morgan fingerprint density at radius 2 is 1.81 bits per heavy atom. The summed E-state index contributed by atoms with van der Waals surface area (Å²) in [6, 6.07) is 1.76. The minimum atomic E-state index is -4.22. The van der Waals surface area contributed by atoms with E-state index < -0.39 is 12.7 Å². The summed E-state index contributed by atoms with van der Waals surface area (Å²) < 4.78 is 38.0. The molecule has 0 saturated carbocycles. The van der Waals surface area contributed by atoms with Gasteiger partial charge in [0.25, 0.3) is 0 Å². The van der Waals surface area contributed by atoms with E-state index in [4.69, 9.17) is 0 Å². The summed E-state index contributed by atoms with van der Waals surface area (Å²) in [5.74, 6) is 0. The molecule has 0 atom stereocenters. The maximum atomic E-state index is 12.3. The van der Waals surface area contributed by atoms with E-state index in [1.807, 2.05) is 27.7 Å². The number of aromatic nitrogens is 2. The fourth-order valence-electron chi connectivity index (χ4n) is 1.41. The van der Waals surface area contributed by atoms with Gasteiger partial charge in [-0.25, -0.2) is 0 Å². The summed E-state index contributed by atoms with van der Waals surface area (Å²) in [5, 5.41) is 4.03. The summed E-state index contributed by atoms with van der Waals surface area (Å²) in [5.41, 5.74) is 1.11. The minimum Gasteiger partial charge on any atom is -0.260 e. The first kappa shape index (κ1) is 13.1. The zero-order valence-corrected chi connectivity index (χ0v) is 10.0. The molecule has 16 heavy (non-hydrogen) atoms. The molecule has 0 aliphatic heterocycles. The molecule has 0 spiro atoms. The van der Waals surface area contributed by atoms with Crippen molar-refractivity contribution in [2.24, 2.45) is 0 Å². The number of alkyl halides is 3. The third-order valence-corrected chi connectivity index (χ3v) is 2.32. The molecule has 0 aliphatic rings. The lowest BCUT2D eigenvalue weighted by Gasteiger charge is -2.14. The van der Waals surface area contributed by atoms with Gasteiger partial charge in [-0.05, 0) is 12.5 Å². The first-order valence-electron chi connectivity index (χ1n) is 5.27. The highest BCUT2D eigenvalue weighted by Gasteiger charge is 2.30. The predicted molar refractivity (Wildman–Crippen MR) is 56.4 cm³/mol. The van der Waals surface area contributed by atoms with Crippen molar-refractivity contribution in [3.8, 4) is 0 Å². The molecule has 0 amide bonds. The van der Waals surface area contributed by atoms with Gasteiger partial charge in [0.05, 0.1) is 5.69 Å². The van der Waals surface area contributed by atoms with Gasteiger partial charge < -0.3 is 0 Å². The largest absolute Gasteiger partial charge is 0.408 e. The molecule has 2 nitrogen and oxygen atoms in total. The van der Waals surface area contributed by atoms with Gasteiger partial charge in [-0.1, -0.05) is 27.7 Å². The van der Waals surface area contributed by atoms with Gasteiger partial charge in [-0.15, -0.1) is 0 Å². The highest BCUT2D eigenvalue weighted by molar-refractivity contribution is 5.17. The Labute approximate surface area is 93.5 Å². The molecule has 1 heterocycles. The molecule has 92 valence electrons. The molecule has 0 unspecified atom stereocenters. The Balaban J connectivity index is 3.05. The summed E-state index contributed by atoms with van der Waals surface area (Å²) in [7, 11) is 0. The van der Waals surface area contributed by atoms with Crippen LogP contribution in [0.1, 0.15) is 39.1 Å². The molecule has 5 heteroatoms. The summed E-state index contributed by atoms with van der Waals surface area (Å²) in [6.45, 7) is 6.63. The topological polar surface area (TPSA) is 17.8 Å². The number of nitrogens with zero attached hydrogens (tertiary/aromatic N) is 2. The summed E-state index contributed by atoms with van der Waals surface area (Å²) >= 11 is 0.